The second-order valence-electron chi connectivity index (χ2n) is 6.59. The molecule has 5 nitrogen and oxygen atoms in total. The third-order valence-corrected chi connectivity index (χ3v) is 4.11. The highest BCUT2D eigenvalue weighted by atomic mass is 16.7. The Morgan fingerprint density at radius 2 is 1.84 bits per heavy atom. The lowest BCUT2D eigenvalue weighted by Gasteiger charge is -2.26. The Hall–Kier alpha value is -1.69. The molecule has 3 atom stereocenters. The number of amides is 1. The number of hydrogen-bond donors (Lipinski definition) is 1. The van der Waals surface area contributed by atoms with Crippen molar-refractivity contribution in [3.63, 3.8) is 0 Å². The van der Waals surface area contributed by atoms with Gasteiger partial charge in [-0.05, 0) is 11.5 Å². The topological polar surface area (TPSA) is 59.0 Å². The second kappa shape index (κ2) is 11.0. The number of hydrogen-bond acceptors (Lipinski definition) is 4. The van der Waals surface area contributed by atoms with Crippen LogP contribution in [0.2, 0.25) is 0 Å². The summed E-state index contributed by atoms with van der Waals surface area (Å²) in [6, 6.07) is 10.1. The number of carbonyl (C=O) groups is 1. The molecule has 0 aliphatic carbocycles. The predicted molar refractivity (Wildman–Crippen MR) is 98.6 cm³/mol. The Bertz CT molecular complexity index is 530. The van der Waals surface area contributed by atoms with Crippen molar-refractivity contribution in [2.24, 2.45) is 11.8 Å². The first-order valence-electron chi connectivity index (χ1n) is 8.67. The van der Waals surface area contributed by atoms with Gasteiger partial charge in [0, 0.05) is 13.0 Å². The van der Waals surface area contributed by atoms with E-state index in [4.69, 9.17) is 9.57 Å². The summed E-state index contributed by atoms with van der Waals surface area (Å²) in [6.45, 7) is 6.85. The minimum Gasteiger partial charge on any atom is -0.389 e. The number of carbonyl (C=O) groups excluding carboxylic acids is 1. The molecule has 25 heavy (non-hydrogen) atoms. The van der Waals surface area contributed by atoms with Crippen LogP contribution in [0.5, 0.6) is 0 Å². The Labute approximate surface area is 151 Å². The average molecular weight is 349 g/mol. The highest BCUT2D eigenvalue weighted by molar-refractivity contribution is 5.75. The van der Waals surface area contributed by atoms with Gasteiger partial charge in [-0.1, -0.05) is 63.3 Å². The average Bonchev–Trinajstić information content (AvgIpc) is 2.59. The van der Waals surface area contributed by atoms with Gasteiger partial charge in [-0.25, -0.2) is 5.06 Å². The summed E-state index contributed by atoms with van der Waals surface area (Å²) in [5, 5.41) is 11.1. The molecule has 0 radical (unpaired) electrons. The highest BCUT2D eigenvalue weighted by Gasteiger charge is 2.20. The van der Waals surface area contributed by atoms with Gasteiger partial charge in [0.2, 0.25) is 5.91 Å². The minimum atomic E-state index is -0.838. The molecule has 1 rings (SSSR count). The molecule has 0 heterocycles. The maximum Gasteiger partial charge on any atom is 0.248 e. The van der Waals surface area contributed by atoms with Crippen molar-refractivity contribution in [1.82, 2.24) is 5.06 Å². The fourth-order valence-corrected chi connectivity index (χ4v) is 2.61. The molecule has 0 spiro atoms. The molecular formula is C20H31NO4. The molecule has 140 valence electrons. The van der Waals surface area contributed by atoms with Gasteiger partial charge in [0.1, 0.15) is 0 Å². The van der Waals surface area contributed by atoms with Crippen molar-refractivity contribution < 1.29 is 19.5 Å². The molecule has 1 N–H and O–H groups in total. The van der Waals surface area contributed by atoms with Crippen molar-refractivity contribution >= 4 is 5.91 Å². The van der Waals surface area contributed by atoms with E-state index in [1.165, 1.54) is 14.2 Å². The first-order valence-corrected chi connectivity index (χ1v) is 8.67. The smallest absolute Gasteiger partial charge is 0.248 e. The van der Waals surface area contributed by atoms with E-state index in [2.05, 4.69) is 20.8 Å². The number of ether oxygens (including phenoxy) is 1. The number of benzene rings is 1. The molecule has 0 saturated heterocycles. The van der Waals surface area contributed by atoms with Crippen LogP contribution >= 0.6 is 0 Å². The summed E-state index contributed by atoms with van der Waals surface area (Å²) < 4.78 is 6.09. The zero-order valence-electron chi connectivity index (χ0n) is 15.9. The first kappa shape index (κ1) is 21.4. The van der Waals surface area contributed by atoms with Gasteiger partial charge in [-0.3, -0.25) is 9.63 Å². The van der Waals surface area contributed by atoms with E-state index in [0.717, 1.165) is 10.6 Å². The zero-order chi connectivity index (χ0) is 18.8. The number of nitrogens with zero attached hydrogens (tertiary/aromatic N) is 1. The van der Waals surface area contributed by atoms with Crippen LogP contribution in [0.4, 0.5) is 0 Å². The Balaban J connectivity index is 2.57. The maximum atomic E-state index is 11.7. The van der Waals surface area contributed by atoms with Crippen LogP contribution < -0.4 is 0 Å². The normalized spacial score (nSPS) is 15.3. The van der Waals surface area contributed by atoms with E-state index >= 15 is 0 Å². The van der Waals surface area contributed by atoms with E-state index in [9.17, 15) is 9.90 Å². The maximum absolute atomic E-state index is 11.7. The summed E-state index contributed by atoms with van der Waals surface area (Å²) in [4.78, 5) is 16.5. The Morgan fingerprint density at radius 1 is 1.20 bits per heavy atom. The van der Waals surface area contributed by atoms with E-state index in [1.807, 2.05) is 36.4 Å². The quantitative estimate of drug-likeness (QED) is 0.521. The van der Waals surface area contributed by atoms with Gasteiger partial charge < -0.3 is 9.84 Å². The van der Waals surface area contributed by atoms with Gasteiger partial charge in [-0.2, -0.15) is 0 Å². The van der Waals surface area contributed by atoms with E-state index < -0.39 is 6.10 Å². The molecule has 1 amide bonds. The third-order valence-electron chi connectivity index (χ3n) is 4.11. The standard InChI is InChI=1S/C20H31NO4/c1-15(2)20(25-14-17-9-7-6-8-10-17)16(3)11-12-18(22)13-19(23)21(4)24-5/h6-12,15-16,18,20,22H,13-14H2,1-5H3/b12-11+/t16-,18-,20-/m0/s1. The van der Waals surface area contributed by atoms with Crippen LogP contribution in [0.15, 0.2) is 42.5 Å². The van der Waals surface area contributed by atoms with Gasteiger partial charge in [0.25, 0.3) is 0 Å². The molecule has 1 aromatic rings. The second-order valence-corrected chi connectivity index (χ2v) is 6.59. The van der Waals surface area contributed by atoms with Gasteiger partial charge in [-0.15, -0.1) is 0 Å². The Morgan fingerprint density at radius 3 is 2.40 bits per heavy atom. The summed E-state index contributed by atoms with van der Waals surface area (Å²) in [6.07, 6.45) is 2.76. The molecule has 5 heteroatoms. The third kappa shape index (κ3) is 7.82. The molecule has 0 aliphatic heterocycles. The van der Waals surface area contributed by atoms with Crippen molar-refractivity contribution in [3.8, 4) is 0 Å². The summed E-state index contributed by atoms with van der Waals surface area (Å²) in [5.41, 5.74) is 1.14. The van der Waals surface area contributed by atoms with Crippen LogP contribution in [0.25, 0.3) is 0 Å². The lowest BCUT2D eigenvalue weighted by Crippen LogP contribution is -2.29. The Kier molecular flexibility index (Phi) is 9.42. The van der Waals surface area contributed by atoms with Crippen LogP contribution in [-0.2, 0) is 21.0 Å². The number of aliphatic hydroxyl groups is 1. The SMILES string of the molecule is CON(C)C(=O)C[C@@H](O)/C=C/[C@H](C)[C@@H](OCc1ccccc1)C(C)C. The zero-order valence-corrected chi connectivity index (χ0v) is 15.9. The van der Waals surface area contributed by atoms with Crippen molar-refractivity contribution in [3.05, 3.63) is 48.0 Å². The van der Waals surface area contributed by atoms with Crippen LogP contribution in [0.3, 0.4) is 0 Å². The number of rotatable bonds is 10. The largest absolute Gasteiger partial charge is 0.389 e. The molecular weight excluding hydrogens is 318 g/mol. The van der Waals surface area contributed by atoms with Crippen LogP contribution in [-0.4, -0.2) is 42.4 Å². The molecule has 0 saturated carbocycles. The minimum absolute atomic E-state index is 0.00915. The van der Waals surface area contributed by atoms with Gasteiger partial charge >= 0.3 is 0 Å². The predicted octanol–water partition coefficient (Wildman–Crippen LogP) is 3.19. The van der Waals surface area contributed by atoms with E-state index in [0.29, 0.717) is 12.5 Å². The van der Waals surface area contributed by atoms with Gasteiger partial charge in [0.15, 0.2) is 0 Å². The van der Waals surface area contributed by atoms with Crippen LogP contribution in [0.1, 0.15) is 32.8 Å². The van der Waals surface area contributed by atoms with E-state index in [-0.39, 0.29) is 24.3 Å². The van der Waals surface area contributed by atoms with Crippen molar-refractivity contribution in [2.45, 2.75) is 46.0 Å². The fraction of sp³-hybridized carbons (Fsp3) is 0.550. The van der Waals surface area contributed by atoms with Crippen molar-refractivity contribution in [2.75, 3.05) is 14.2 Å². The molecule has 0 aliphatic rings. The van der Waals surface area contributed by atoms with Crippen LogP contribution in [0, 0.1) is 11.8 Å². The summed E-state index contributed by atoms with van der Waals surface area (Å²) in [7, 11) is 2.94. The monoisotopic (exact) mass is 349 g/mol. The van der Waals surface area contributed by atoms with E-state index in [1.54, 1.807) is 6.08 Å². The molecule has 1 aromatic carbocycles. The molecule has 0 aromatic heterocycles. The first-order chi connectivity index (χ1) is 11.8. The molecule has 0 bridgehead atoms. The highest BCUT2D eigenvalue weighted by Crippen LogP contribution is 2.20. The molecule has 0 fully saturated rings. The molecule has 0 unspecified atom stereocenters. The lowest BCUT2D eigenvalue weighted by molar-refractivity contribution is -0.170. The fourth-order valence-electron chi connectivity index (χ4n) is 2.61. The summed E-state index contributed by atoms with van der Waals surface area (Å²) in [5.74, 6) is 0.184. The van der Waals surface area contributed by atoms with Gasteiger partial charge in [0.05, 0.1) is 32.3 Å². The lowest BCUT2D eigenvalue weighted by atomic mass is 9.93. The summed E-state index contributed by atoms with van der Waals surface area (Å²) >= 11 is 0. The number of hydroxylamine groups is 2. The number of aliphatic hydroxyl groups excluding tert-OH is 1. The van der Waals surface area contributed by atoms with Crippen molar-refractivity contribution in [1.29, 1.82) is 0 Å².